The lowest BCUT2D eigenvalue weighted by molar-refractivity contribution is -0.132. The molecule has 0 radical (unpaired) electrons. The molecular weight excluding hydrogens is 517 g/mol. The van der Waals surface area contributed by atoms with Gasteiger partial charge in [-0.3, -0.25) is 19.7 Å². The molecule has 3 amide bonds. The molecule has 6 rings (SSSR count). The molecule has 2 saturated heterocycles. The Balaban J connectivity index is 1.46. The van der Waals surface area contributed by atoms with Gasteiger partial charge in [-0.05, 0) is 54.8 Å². The van der Waals surface area contributed by atoms with Crippen molar-refractivity contribution in [2.75, 3.05) is 28.9 Å². The van der Waals surface area contributed by atoms with Gasteiger partial charge in [-0.25, -0.2) is 9.29 Å². The zero-order valence-corrected chi connectivity index (χ0v) is 22.4. The van der Waals surface area contributed by atoms with Crippen LogP contribution in [-0.4, -0.2) is 42.9 Å². The average molecular weight is 546 g/mol. The molecule has 7 nitrogen and oxygen atoms in total. The molecule has 39 heavy (non-hydrogen) atoms. The van der Waals surface area contributed by atoms with Gasteiger partial charge in [0, 0.05) is 22.9 Å². The molecular formula is C30H28FN3O4S. The number of carbonyl (C=O) groups excluding carboxylic acids is 3. The number of fused-ring (bicyclic) bond motifs is 4. The minimum atomic E-state index is -1.43. The SMILES string of the molecule is COc1ccc(N2C(=O)[C@H]3[C@@H](C2=O)[C@]2(N[C@@H]3CCSC)C(=O)N(Cc3ccccc3F)c3ccccc32)cc1. The lowest BCUT2D eigenvalue weighted by Gasteiger charge is -2.30. The molecule has 1 spiro atoms. The molecule has 9 heteroatoms. The van der Waals surface area contributed by atoms with Crippen LogP contribution in [0.4, 0.5) is 15.8 Å². The fourth-order valence-electron chi connectivity index (χ4n) is 6.38. The minimum Gasteiger partial charge on any atom is -0.497 e. The molecule has 200 valence electrons. The summed E-state index contributed by atoms with van der Waals surface area (Å²) in [4.78, 5) is 45.4. The van der Waals surface area contributed by atoms with E-state index in [1.165, 1.54) is 11.0 Å². The van der Waals surface area contributed by atoms with E-state index in [4.69, 9.17) is 4.74 Å². The highest BCUT2D eigenvalue weighted by atomic mass is 32.2. The summed E-state index contributed by atoms with van der Waals surface area (Å²) in [7, 11) is 1.55. The van der Waals surface area contributed by atoms with Crippen molar-refractivity contribution in [2.45, 2.75) is 24.5 Å². The Morgan fingerprint density at radius 3 is 2.41 bits per heavy atom. The number of amides is 3. The van der Waals surface area contributed by atoms with Crippen molar-refractivity contribution in [1.82, 2.24) is 5.32 Å². The van der Waals surface area contributed by atoms with Crippen molar-refractivity contribution < 1.29 is 23.5 Å². The van der Waals surface area contributed by atoms with Gasteiger partial charge in [0.25, 0.3) is 5.91 Å². The van der Waals surface area contributed by atoms with E-state index in [0.29, 0.717) is 34.7 Å². The number of nitrogens with one attached hydrogen (secondary N) is 1. The van der Waals surface area contributed by atoms with E-state index in [2.05, 4.69) is 5.32 Å². The molecule has 0 unspecified atom stereocenters. The Hall–Kier alpha value is -3.69. The van der Waals surface area contributed by atoms with E-state index in [0.717, 1.165) is 5.75 Å². The second-order valence-corrected chi connectivity index (χ2v) is 11.0. The van der Waals surface area contributed by atoms with Crippen molar-refractivity contribution in [2.24, 2.45) is 11.8 Å². The number of nitrogens with zero attached hydrogens (tertiary/aromatic N) is 2. The first-order valence-electron chi connectivity index (χ1n) is 12.9. The second-order valence-electron chi connectivity index (χ2n) is 10.1. The Labute approximate surface area is 230 Å². The number of para-hydroxylation sites is 1. The lowest BCUT2D eigenvalue weighted by Crippen LogP contribution is -2.55. The molecule has 3 aromatic rings. The highest BCUT2D eigenvalue weighted by Gasteiger charge is 2.71. The second kappa shape index (κ2) is 9.81. The van der Waals surface area contributed by atoms with E-state index in [-0.39, 0.29) is 24.4 Å². The van der Waals surface area contributed by atoms with Gasteiger partial charge in [-0.2, -0.15) is 11.8 Å². The Bertz CT molecular complexity index is 1460. The van der Waals surface area contributed by atoms with E-state index < -0.39 is 29.1 Å². The Morgan fingerprint density at radius 2 is 1.69 bits per heavy atom. The minimum absolute atomic E-state index is 0.0170. The Morgan fingerprint density at radius 1 is 0.974 bits per heavy atom. The number of rotatable bonds is 7. The fourth-order valence-corrected chi connectivity index (χ4v) is 6.87. The molecule has 3 aromatic carbocycles. The highest BCUT2D eigenvalue weighted by molar-refractivity contribution is 7.98. The van der Waals surface area contributed by atoms with E-state index in [9.17, 15) is 18.8 Å². The van der Waals surface area contributed by atoms with Crippen molar-refractivity contribution in [3.63, 3.8) is 0 Å². The molecule has 0 aliphatic carbocycles. The van der Waals surface area contributed by atoms with Gasteiger partial charge in [0.2, 0.25) is 11.8 Å². The number of imide groups is 1. The van der Waals surface area contributed by atoms with Crippen LogP contribution in [0.2, 0.25) is 0 Å². The summed E-state index contributed by atoms with van der Waals surface area (Å²) in [6.07, 6.45) is 2.60. The van der Waals surface area contributed by atoms with Gasteiger partial charge in [-0.15, -0.1) is 0 Å². The van der Waals surface area contributed by atoms with Crippen LogP contribution in [0, 0.1) is 17.7 Å². The number of carbonyl (C=O) groups is 3. The van der Waals surface area contributed by atoms with Crippen LogP contribution < -0.4 is 19.9 Å². The molecule has 0 bridgehead atoms. The number of halogens is 1. The van der Waals surface area contributed by atoms with Gasteiger partial charge >= 0.3 is 0 Å². The third-order valence-electron chi connectivity index (χ3n) is 8.12. The van der Waals surface area contributed by atoms with Gasteiger partial charge in [0.15, 0.2) is 0 Å². The first kappa shape index (κ1) is 25.6. The zero-order valence-electron chi connectivity index (χ0n) is 21.6. The average Bonchev–Trinajstić information content (AvgIpc) is 3.52. The maximum absolute atomic E-state index is 14.7. The monoisotopic (exact) mass is 545 g/mol. The summed E-state index contributed by atoms with van der Waals surface area (Å²) in [5.41, 5.74) is 0.654. The standard InChI is InChI=1S/C30H28FN3O4S/c1-38-20-13-11-19(12-14-20)34-27(35)25-23(15-16-39-2)32-30(26(25)28(34)36)21-8-4-6-10-24(21)33(29(30)37)17-18-7-3-5-9-22(18)31/h3-14,23,25-26,32H,15-17H2,1-2H3/t23-,25-,26+,30+/m1/s1. The summed E-state index contributed by atoms with van der Waals surface area (Å²) >= 11 is 1.65. The van der Waals surface area contributed by atoms with Crippen molar-refractivity contribution in [1.29, 1.82) is 0 Å². The molecule has 1 N–H and O–H groups in total. The number of ether oxygens (including phenoxy) is 1. The van der Waals surface area contributed by atoms with Gasteiger partial charge < -0.3 is 9.64 Å². The largest absolute Gasteiger partial charge is 0.497 e. The maximum atomic E-state index is 14.7. The van der Waals surface area contributed by atoms with Gasteiger partial charge in [-0.1, -0.05) is 36.4 Å². The third-order valence-corrected chi connectivity index (χ3v) is 8.76. The normalized spacial score (nSPS) is 25.5. The summed E-state index contributed by atoms with van der Waals surface area (Å²) in [6.45, 7) is 0.0170. The molecule has 3 aliphatic heterocycles. The van der Waals surface area contributed by atoms with Crippen LogP contribution in [0.1, 0.15) is 17.5 Å². The predicted molar refractivity (Wildman–Crippen MR) is 148 cm³/mol. The number of anilines is 2. The topological polar surface area (TPSA) is 79.0 Å². The van der Waals surface area contributed by atoms with Gasteiger partial charge in [0.05, 0.1) is 31.2 Å². The van der Waals surface area contributed by atoms with Gasteiger partial charge in [0.1, 0.15) is 17.1 Å². The Kier molecular flexibility index (Phi) is 6.43. The van der Waals surface area contributed by atoms with Crippen LogP contribution in [0.25, 0.3) is 0 Å². The fraction of sp³-hybridized carbons (Fsp3) is 0.300. The van der Waals surface area contributed by atoms with Crippen molar-refractivity contribution in [3.8, 4) is 5.75 Å². The molecule has 0 aromatic heterocycles. The molecule has 4 atom stereocenters. The number of methoxy groups -OCH3 is 1. The van der Waals surface area contributed by atoms with Crippen molar-refractivity contribution in [3.05, 3.63) is 89.7 Å². The number of hydrogen-bond acceptors (Lipinski definition) is 6. The quantitative estimate of drug-likeness (QED) is 0.451. The number of benzene rings is 3. The first-order chi connectivity index (χ1) is 18.9. The maximum Gasteiger partial charge on any atom is 0.253 e. The zero-order chi connectivity index (χ0) is 27.3. The summed E-state index contributed by atoms with van der Waals surface area (Å²) < 4.78 is 19.9. The van der Waals surface area contributed by atoms with Crippen LogP contribution in [-0.2, 0) is 26.5 Å². The van der Waals surface area contributed by atoms with E-state index in [1.807, 2.05) is 30.5 Å². The first-order valence-corrected chi connectivity index (χ1v) is 14.2. The smallest absolute Gasteiger partial charge is 0.253 e. The molecule has 3 heterocycles. The number of thioether (sulfide) groups is 1. The van der Waals surface area contributed by atoms with Crippen LogP contribution in [0.5, 0.6) is 5.75 Å². The number of hydrogen-bond donors (Lipinski definition) is 1. The van der Waals surface area contributed by atoms with Crippen LogP contribution >= 0.6 is 11.8 Å². The molecule has 0 saturated carbocycles. The van der Waals surface area contributed by atoms with Crippen molar-refractivity contribution >= 4 is 40.9 Å². The van der Waals surface area contributed by atoms with Crippen LogP contribution in [0.3, 0.4) is 0 Å². The summed E-state index contributed by atoms with van der Waals surface area (Å²) in [6, 6.07) is 20.0. The molecule has 2 fully saturated rings. The van der Waals surface area contributed by atoms with E-state index in [1.54, 1.807) is 66.2 Å². The predicted octanol–water partition coefficient (Wildman–Crippen LogP) is 4.11. The summed E-state index contributed by atoms with van der Waals surface area (Å²) in [5, 5.41) is 3.50. The third kappa shape index (κ3) is 3.78. The van der Waals surface area contributed by atoms with Crippen LogP contribution in [0.15, 0.2) is 72.8 Å². The summed E-state index contributed by atoms with van der Waals surface area (Å²) in [5.74, 6) is -1.75. The molecule has 3 aliphatic rings. The van der Waals surface area contributed by atoms with E-state index >= 15 is 0 Å². The highest BCUT2D eigenvalue weighted by Crippen LogP contribution is 2.55. The lowest BCUT2D eigenvalue weighted by atomic mass is 9.76.